The van der Waals surface area contributed by atoms with Crippen LogP contribution in [0.4, 0.5) is 17.6 Å². The van der Waals surface area contributed by atoms with Gasteiger partial charge in [-0.15, -0.1) is 0 Å². The molecule has 0 fully saturated rings. The molecule has 0 saturated heterocycles. The number of amides is 2. The Labute approximate surface area is 458 Å². The van der Waals surface area contributed by atoms with E-state index in [-0.39, 0.29) is 30.0 Å². The van der Waals surface area contributed by atoms with Crippen molar-refractivity contribution in [3.05, 3.63) is 132 Å². The van der Waals surface area contributed by atoms with Gasteiger partial charge >= 0.3 is 13.2 Å². The molecular weight excluding hydrogens is 1050 g/mol. The number of alkyl halides is 4. The van der Waals surface area contributed by atoms with Crippen molar-refractivity contribution in [2.45, 2.75) is 111 Å². The van der Waals surface area contributed by atoms with Crippen LogP contribution in [0.2, 0.25) is 25.7 Å². The number of rotatable bonds is 17. The van der Waals surface area contributed by atoms with Crippen LogP contribution in [0.25, 0.3) is 66.9 Å². The van der Waals surface area contributed by atoms with Gasteiger partial charge in [-0.3, -0.25) is 28.9 Å². The highest BCUT2D eigenvalue weighted by atomic mass is 28.3. The van der Waals surface area contributed by atoms with E-state index in [1.165, 1.54) is 30.5 Å². The first-order valence-electron chi connectivity index (χ1n) is 25.6. The topological polar surface area (TPSA) is 220 Å². The maximum Gasteiger partial charge on any atom is 0.387 e. The van der Waals surface area contributed by atoms with E-state index >= 15 is 0 Å². The zero-order valence-electron chi connectivity index (χ0n) is 45.6. The molecule has 0 aliphatic rings. The van der Waals surface area contributed by atoms with Gasteiger partial charge in [0.25, 0.3) is 11.8 Å². The highest BCUT2D eigenvalue weighted by molar-refractivity contribution is 6.76. The highest BCUT2D eigenvalue weighted by Gasteiger charge is 2.26. The van der Waals surface area contributed by atoms with E-state index in [4.69, 9.17) is 29.6 Å². The largest absolute Gasteiger partial charge is 0.435 e. The summed E-state index contributed by atoms with van der Waals surface area (Å²) in [4.78, 5) is 56.2. The first kappa shape index (κ1) is 56.1. The van der Waals surface area contributed by atoms with Gasteiger partial charge in [-0.2, -0.15) is 27.8 Å². The fraction of sp³-hybridized carbons (Fsp3) is 0.321. The monoisotopic (exact) mass is 1110 g/mol. The summed E-state index contributed by atoms with van der Waals surface area (Å²) in [6.45, 7) is 13.9. The number of ether oxygens (including phenoxy) is 3. The number of nitrogens with zero attached hydrogens (tertiary/aromatic N) is 11. The van der Waals surface area contributed by atoms with E-state index in [0.29, 0.717) is 97.7 Å². The van der Waals surface area contributed by atoms with Crippen LogP contribution >= 0.6 is 0 Å². The molecule has 0 atom stereocenters. The van der Waals surface area contributed by atoms with Crippen LogP contribution in [-0.4, -0.2) is 110 Å². The number of pyridine rings is 2. The predicted molar refractivity (Wildman–Crippen MR) is 297 cm³/mol. The molecule has 0 saturated carbocycles. The van der Waals surface area contributed by atoms with Gasteiger partial charge in [-0.1, -0.05) is 31.8 Å². The molecule has 0 spiro atoms. The summed E-state index contributed by atoms with van der Waals surface area (Å²) in [6.07, 6.45) is 13.2. The van der Waals surface area contributed by atoms with Crippen molar-refractivity contribution in [3.63, 3.8) is 0 Å². The number of aromatic nitrogens is 12. The maximum absolute atomic E-state index is 13.4. The summed E-state index contributed by atoms with van der Waals surface area (Å²) >= 11 is 0. The number of hydrogen-bond acceptors (Lipinski definition) is 13. The van der Waals surface area contributed by atoms with E-state index < -0.39 is 32.4 Å². The van der Waals surface area contributed by atoms with E-state index in [2.05, 4.69) is 59.9 Å². The van der Waals surface area contributed by atoms with Gasteiger partial charge in [-0.05, 0) is 107 Å². The minimum atomic E-state index is -2.98. The Morgan fingerprint density at radius 1 is 0.675 bits per heavy atom. The number of hydrogen-bond donors (Lipinski definition) is 3. The molecule has 10 aromatic rings. The number of carbonyl (C=O) groups excluding carboxylic acids is 2. The van der Waals surface area contributed by atoms with E-state index in [9.17, 15) is 27.2 Å². The number of aromatic amines is 1. The summed E-state index contributed by atoms with van der Waals surface area (Å²) in [6, 6.07) is 17.8. The summed E-state index contributed by atoms with van der Waals surface area (Å²) in [7, 11) is -1.28. The molecule has 10 rings (SSSR count). The van der Waals surface area contributed by atoms with Crippen molar-refractivity contribution in [3.8, 4) is 34.3 Å². The van der Waals surface area contributed by atoms with E-state index in [0.717, 1.165) is 17.2 Å². The van der Waals surface area contributed by atoms with Gasteiger partial charge in [0.2, 0.25) is 0 Å². The Morgan fingerprint density at radius 2 is 1.19 bits per heavy atom. The van der Waals surface area contributed by atoms with Crippen molar-refractivity contribution in [1.82, 2.24) is 69.6 Å². The molecule has 0 bridgehead atoms. The average Bonchev–Trinajstić information content (AvgIpc) is 4.30. The van der Waals surface area contributed by atoms with Crippen molar-refractivity contribution < 1.29 is 41.4 Å². The Balaban J connectivity index is 0.000000197. The Bertz CT molecular complexity index is 3830. The number of carbonyl (C=O) groups is 2. The van der Waals surface area contributed by atoms with Gasteiger partial charge in [0, 0.05) is 73.7 Å². The molecule has 2 aromatic carbocycles. The number of benzene rings is 2. The smallest absolute Gasteiger partial charge is 0.387 e. The van der Waals surface area contributed by atoms with Gasteiger partial charge in [0.1, 0.15) is 52.0 Å². The van der Waals surface area contributed by atoms with E-state index in [1.54, 1.807) is 69.4 Å². The fourth-order valence-corrected chi connectivity index (χ4v) is 9.34. The first-order chi connectivity index (χ1) is 37.9. The molecule has 19 nitrogen and oxygen atoms in total. The number of nitrogens with one attached hydrogen (secondary N) is 3. The minimum Gasteiger partial charge on any atom is -0.435 e. The summed E-state index contributed by atoms with van der Waals surface area (Å²) in [5, 5.41) is 16.6. The SMILES string of the molecule is CC(C)(C)NC(=O)c1c[nH]c2ncc(-c3nn(Cc4cccnc4)c4ccc(OC(F)F)cc34)nc12.CC(C)(C)NC(=O)c1cn(COCC[Si](C)(C)C)c2ncc(-c3nn(Cc4cccnc4)c4ccc(OC(F)F)cc34)nc12. The minimum absolute atomic E-state index is 0.000559. The van der Waals surface area contributed by atoms with Crippen molar-refractivity contribution >= 4 is 64.0 Å². The van der Waals surface area contributed by atoms with Gasteiger partial charge in [0.15, 0.2) is 11.3 Å². The standard InChI is InChI=1S/C31H37F2N7O3Si.C25H23F2N7O2/c1-31(2,3)37-29(41)23-18-39(19-42-12-13-44(4,5)6)28-27(23)36-24(16-35-28)26-22-14-21(43-30(32)33)9-10-25(22)40(38-26)17-20-8-7-11-34-15-20;1-25(2,3)32-23(35)17-11-29-22-21(17)31-18(12-30-22)20-16-9-15(36-24(26)27)6-7-19(16)34(33-20)13-14-5-4-8-28-10-14/h7-11,14-16,18,30H,12-13,17,19H2,1-6H3,(H,37,41);4-12,24H,13H2,1-3H3,(H,29,30)(H,32,35). The third-order valence-corrected chi connectivity index (χ3v) is 13.8. The highest BCUT2D eigenvalue weighted by Crippen LogP contribution is 2.34. The van der Waals surface area contributed by atoms with Crippen LogP contribution in [0.15, 0.2) is 110 Å². The molecule has 8 heterocycles. The Kier molecular flexibility index (Phi) is 16.1. The van der Waals surface area contributed by atoms with Gasteiger partial charge in [-0.25, -0.2) is 19.9 Å². The summed E-state index contributed by atoms with van der Waals surface area (Å²) in [5.74, 6) is -0.592. The molecule has 0 radical (unpaired) electrons. The summed E-state index contributed by atoms with van der Waals surface area (Å²) < 4.78 is 72.6. The molecule has 8 aromatic heterocycles. The Morgan fingerprint density at radius 3 is 1.68 bits per heavy atom. The molecule has 3 N–H and O–H groups in total. The average molecular weight is 1110 g/mol. The van der Waals surface area contributed by atoms with Crippen LogP contribution in [0.3, 0.4) is 0 Å². The molecule has 24 heteroatoms. The van der Waals surface area contributed by atoms with Crippen LogP contribution in [0.5, 0.6) is 11.5 Å². The second-order valence-corrected chi connectivity index (χ2v) is 27.8. The number of H-pyrrole nitrogens is 1. The number of halogens is 4. The van der Waals surface area contributed by atoms with Gasteiger partial charge < -0.3 is 34.4 Å². The molecule has 2 amide bonds. The lowest BCUT2D eigenvalue weighted by Crippen LogP contribution is -2.40. The second kappa shape index (κ2) is 23.0. The van der Waals surface area contributed by atoms with Crippen LogP contribution in [0, 0.1) is 0 Å². The lowest BCUT2D eigenvalue weighted by Gasteiger charge is -2.20. The van der Waals surface area contributed by atoms with Crippen molar-refractivity contribution in [2.24, 2.45) is 0 Å². The number of fused-ring (bicyclic) bond motifs is 4. The van der Waals surface area contributed by atoms with Crippen LogP contribution < -0.4 is 20.1 Å². The second-order valence-electron chi connectivity index (χ2n) is 22.2. The third kappa shape index (κ3) is 13.6. The molecule has 80 heavy (non-hydrogen) atoms. The Hall–Kier alpha value is -8.64. The fourth-order valence-electron chi connectivity index (χ4n) is 8.58. The third-order valence-electron chi connectivity index (χ3n) is 12.1. The van der Waals surface area contributed by atoms with Crippen LogP contribution in [-0.2, 0) is 24.6 Å². The maximum atomic E-state index is 13.4. The van der Waals surface area contributed by atoms with Gasteiger partial charge in [0.05, 0.1) is 47.6 Å². The zero-order chi connectivity index (χ0) is 57.1. The predicted octanol–water partition coefficient (Wildman–Crippen LogP) is 10.9. The van der Waals surface area contributed by atoms with Crippen LogP contribution in [0.1, 0.15) is 73.4 Å². The lowest BCUT2D eigenvalue weighted by atomic mass is 10.1. The molecule has 0 aliphatic heterocycles. The molecule has 416 valence electrons. The molecule has 0 aliphatic carbocycles. The van der Waals surface area contributed by atoms with Crippen molar-refractivity contribution in [2.75, 3.05) is 6.61 Å². The van der Waals surface area contributed by atoms with E-state index in [1.807, 2.05) is 65.8 Å². The quantitative estimate of drug-likeness (QED) is 0.0439. The summed E-state index contributed by atoms with van der Waals surface area (Å²) in [5.41, 5.74) is 6.27. The van der Waals surface area contributed by atoms with Crippen molar-refractivity contribution in [1.29, 1.82) is 0 Å². The molecule has 0 unspecified atom stereocenters. The zero-order valence-corrected chi connectivity index (χ0v) is 46.6. The first-order valence-corrected chi connectivity index (χ1v) is 29.3. The normalized spacial score (nSPS) is 12.2. The lowest BCUT2D eigenvalue weighted by molar-refractivity contribution is -0.0504. The molecular formula is C56H60F4N14O5Si.